The second-order valence-electron chi connectivity index (χ2n) is 6.02. The molecule has 1 unspecified atom stereocenters. The van der Waals surface area contributed by atoms with Crippen LogP contribution in [0.4, 0.5) is 0 Å². The lowest BCUT2D eigenvalue weighted by atomic mass is 10.1. The van der Waals surface area contributed by atoms with Crippen molar-refractivity contribution in [2.45, 2.75) is 39.4 Å². The number of benzene rings is 1. The summed E-state index contributed by atoms with van der Waals surface area (Å²) >= 11 is 0. The highest BCUT2D eigenvalue weighted by atomic mass is 16.5. The van der Waals surface area contributed by atoms with Crippen LogP contribution < -0.4 is 4.74 Å². The van der Waals surface area contributed by atoms with Crippen LogP contribution in [0.5, 0.6) is 5.75 Å². The Balaban J connectivity index is 1.55. The summed E-state index contributed by atoms with van der Waals surface area (Å²) in [5.41, 5.74) is 0.664. The first-order valence-electron chi connectivity index (χ1n) is 8.58. The minimum absolute atomic E-state index is 0.0185. The average Bonchev–Trinajstić information content (AvgIpc) is 3.06. The summed E-state index contributed by atoms with van der Waals surface area (Å²) in [6.45, 7) is 5.90. The van der Waals surface area contributed by atoms with Gasteiger partial charge in [-0.2, -0.15) is 4.98 Å². The van der Waals surface area contributed by atoms with E-state index < -0.39 is 0 Å². The third kappa shape index (κ3) is 4.57. The Bertz CT molecular complexity index is 699. The maximum absolute atomic E-state index is 12.7. The first-order valence-corrected chi connectivity index (χ1v) is 8.58. The quantitative estimate of drug-likeness (QED) is 0.801. The molecular formula is C18H23N3O4. The van der Waals surface area contributed by atoms with Crippen molar-refractivity contribution in [3.63, 3.8) is 0 Å². The number of nitrogens with zero attached hydrogens (tertiary/aromatic N) is 3. The molecule has 0 bridgehead atoms. The van der Waals surface area contributed by atoms with E-state index in [-0.39, 0.29) is 18.6 Å². The summed E-state index contributed by atoms with van der Waals surface area (Å²) in [4.78, 5) is 18.6. The fraction of sp³-hybridized carbons (Fsp3) is 0.500. The van der Waals surface area contributed by atoms with Gasteiger partial charge in [0.15, 0.2) is 5.82 Å². The normalized spacial score (nSPS) is 17.5. The number of piperidine rings is 1. The van der Waals surface area contributed by atoms with E-state index in [2.05, 4.69) is 10.1 Å². The topological polar surface area (TPSA) is 77.7 Å². The van der Waals surface area contributed by atoms with Gasteiger partial charge in [0.25, 0.3) is 11.8 Å². The molecule has 0 N–H and O–H groups in total. The van der Waals surface area contributed by atoms with Crippen molar-refractivity contribution in [3.8, 4) is 5.75 Å². The molecule has 1 aromatic carbocycles. The lowest BCUT2D eigenvalue weighted by molar-refractivity contribution is -0.0153. The van der Waals surface area contributed by atoms with Crippen LogP contribution in [0, 0.1) is 6.92 Å². The molecule has 1 fully saturated rings. The molecule has 0 spiro atoms. The summed E-state index contributed by atoms with van der Waals surface area (Å²) in [5, 5.41) is 3.74. The Labute approximate surface area is 146 Å². The minimum Gasteiger partial charge on any atom is -0.494 e. The first kappa shape index (κ1) is 17.4. The maximum atomic E-state index is 12.7. The van der Waals surface area contributed by atoms with Crippen LogP contribution >= 0.6 is 0 Å². The Morgan fingerprint density at radius 2 is 2.16 bits per heavy atom. The summed E-state index contributed by atoms with van der Waals surface area (Å²) < 4.78 is 16.3. The lowest BCUT2D eigenvalue weighted by Crippen LogP contribution is -2.43. The van der Waals surface area contributed by atoms with Gasteiger partial charge in [0, 0.05) is 18.7 Å². The fourth-order valence-electron chi connectivity index (χ4n) is 2.89. The molecule has 2 aromatic rings. The Kier molecular flexibility index (Phi) is 5.65. The molecule has 3 rings (SSSR count). The standard InChI is InChI=1S/C18H23N3O4/c1-3-23-15-8-6-14(7-9-15)18(22)21-10-4-5-16(11-21)24-12-17-19-13(2)20-25-17/h6-9,16H,3-5,10-12H2,1-2H3. The number of ether oxygens (including phenoxy) is 2. The zero-order chi connectivity index (χ0) is 17.6. The van der Waals surface area contributed by atoms with Gasteiger partial charge < -0.3 is 18.9 Å². The molecule has 134 valence electrons. The molecule has 7 heteroatoms. The molecular weight excluding hydrogens is 322 g/mol. The average molecular weight is 345 g/mol. The van der Waals surface area contributed by atoms with Gasteiger partial charge in [-0.25, -0.2) is 0 Å². The number of hydrogen-bond donors (Lipinski definition) is 0. The Morgan fingerprint density at radius 1 is 1.36 bits per heavy atom. The number of aryl methyl sites for hydroxylation is 1. The second-order valence-corrected chi connectivity index (χ2v) is 6.02. The van der Waals surface area contributed by atoms with Crippen LogP contribution in [0.25, 0.3) is 0 Å². The van der Waals surface area contributed by atoms with Crippen LogP contribution in [0.2, 0.25) is 0 Å². The van der Waals surface area contributed by atoms with Gasteiger partial charge >= 0.3 is 0 Å². The predicted octanol–water partition coefficient (Wildman–Crippen LogP) is 2.60. The molecule has 0 aliphatic carbocycles. The molecule has 1 saturated heterocycles. The number of hydrogen-bond acceptors (Lipinski definition) is 6. The van der Waals surface area contributed by atoms with Crippen molar-refractivity contribution >= 4 is 5.91 Å². The van der Waals surface area contributed by atoms with E-state index in [1.807, 2.05) is 24.0 Å². The Hall–Kier alpha value is -2.41. The monoisotopic (exact) mass is 345 g/mol. The zero-order valence-corrected chi connectivity index (χ0v) is 14.6. The smallest absolute Gasteiger partial charge is 0.253 e. The SMILES string of the molecule is CCOc1ccc(C(=O)N2CCCC(OCc3nc(C)no3)C2)cc1. The second kappa shape index (κ2) is 8.11. The van der Waals surface area contributed by atoms with Crippen LogP contribution in [0.3, 0.4) is 0 Å². The van der Waals surface area contributed by atoms with Crippen LogP contribution in [0.15, 0.2) is 28.8 Å². The van der Waals surface area contributed by atoms with Crippen molar-refractivity contribution in [2.24, 2.45) is 0 Å². The fourth-order valence-corrected chi connectivity index (χ4v) is 2.89. The highest BCUT2D eigenvalue weighted by Crippen LogP contribution is 2.19. The largest absolute Gasteiger partial charge is 0.494 e. The molecule has 1 atom stereocenters. The number of likely N-dealkylation sites (tertiary alicyclic amines) is 1. The molecule has 7 nitrogen and oxygen atoms in total. The molecule has 1 amide bonds. The number of carbonyl (C=O) groups is 1. The minimum atomic E-state index is -0.0207. The van der Waals surface area contributed by atoms with Crippen LogP contribution in [-0.2, 0) is 11.3 Å². The molecule has 25 heavy (non-hydrogen) atoms. The van der Waals surface area contributed by atoms with Crippen molar-refractivity contribution in [1.29, 1.82) is 0 Å². The van der Waals surface area contributed by atoms with E-state index in [9.17, 15) is 4.79 Å². The van der Waals surface area contributed by atoms with Gasteiger partial charge in [0.1, 0.15) is 12.4 Å². The first-order chi connectivity index (χ1) is 12.2. The molecule has 1 aliphatic heterocycles. The number of aromatic nitrogens is 2. The third-order valence-electron chi connectivity index (χ3n) is 4.09. The van der Waals surface area contributed by atoms with Gasteiger partial charge in [-0.05, 0) is 51.0 Å². The summed E-state index contributed by atoms with van der Waals surface area (Å²) in [6.07, 6.45) is 1.81. The summed E-state index contributed by atoms with van der Waals surface area (Å²) in [7, 11) is 0. The van der Waals surface area contributed by atoms with Gasteiger partial charge in [-0.1, -0.05) is 5.16 Å². The van der Waals surface area contributed by atoms with Crippen molar-refractivity contribution in [3.05, 3.63) is 41.5 Å². The van der Waals surface area contributed by atoms with E-state index in [0.717, 1.165) is 25.1 Å². The van der Waals surface area contributed by atoms with Gasteiger partial charge in [0.05, 0.1) is 12.7 Å². The van der Waals surface area contributed by atoms with E-state index in [4.69, 9.17) is 14.0 Å². The zero-order valence-electron chi connectivity index (χ0n) is 14.6. The van der Waals surface area contributed by atoms with Crippen molar-refractivity contribution < 1.29 is 18.8 Å². The van der Waals surface area contributed by atoms with E-state index in [1.165, 1.54) is 0 Å². The summed E-state index contributed by atoms with van der Waals surface area (Å²) in [6, 6.07) is 7.26. The molecule has 2 heterocycles. The van der Waals surface area contributed by atoms with Crippen molar-refractivity contribution in [1.82, 2.24) is 15.0 Å². The van der Waals surface area contributed by atoms with Gasteiger partial charge in [-0.15, -0.1) is 0 Å². The van der Waals surface area contributed by atoms with Gasteiger partial charge in [-0.3, -0.25) is 4.79 Å². The van der Waals surface area contributed by atoms with Crippen molar-refractivity contribution in [2.75, 3.05) is 19.7 Å². The number of carbonyl (C=O) groups excluding carboxylic acids is 1. The number of rotatable bonds is 6. The molecule has 0 saturated carbocycles. The van der Waals surface area contributed by atoms with Crippen LogP contribution in [-0.4, -0.2) is 46.7 Å². The van der Waals surface area contributed by atoms with Crippen LogP contribution in [0.1, 0.15) is 41.8 Å². The highest BCUT2D eigenvalue weighted by molar-refractivity contribution is 5.94. The molecule has 0 radical (unpaired) electrons. The maximum Gasteiger partial charge on any atom is 0.253 e. The third-order valence-corrected chi connectivity index (χ3v) is 4.09. The highest BCUT2D eigenvalue weighted by Gasteiger charge is 2.25. The molecule has 1 aliphatic rings. The molecule has 1 aromatic heterocycles. The van der Waals surface area contributed by atoms with E-state index >= 15 is 0 Å². The van der Waals surface area contributed by atoms with E-state index in [1.54, 1.807) is 19.1 Å². The Morgan fingerprint density at radius 3 is 2.84 bits per heavy atom. The van der Waals surface area contributed by atoms with Gasteiger partial charge in [0.2, 0.25) is 0 Å². The summed E-state index contributed by atoms with van der Waals surface area (Å²) in [5.74, 6) is 1.85. The number of amides is 1. The lowest BCUT2D eigenvalue weighted by Gasteiger charge is -2.32. The van der Waals surface area contributed by atoms with E-state index in [0.29, 0.717) is 30.4 Å². The predicted molar refractivity (Wildman–Crippen MR) is 90.4 cm³/mol.